The van der Waals surface area contributed by atoms with Gasteiger partial charge in [-0.05, 0) is 43.7 Å². The minimum absolute atomic E-state index is 0.801. The maximum absolute atomic E-state index is 6.22. The molecule has 0 spiro atoms. The lowest BCUT2D eigenvalue weighted by atomic mass is 9.99. The number of hydrogen-bond acceptors (Lipinski definition) is 2. The second-order valence-electron chi connectivity index (χ2n) is 7.30. The van der Waals surface area contributed by atoms with Crippen molar-refractivity contribution in [1.82, 2.24) is 0 Å². The van der Waals surface area contributed by atoms with Gasteiger partial charge in [-0.25, -0.2) is 0 Å². The number of hydrogen-bond donors (Lipinski definition) is 0. The number of fused-ring (bicyclic) bond motifs is 4. The van der Waals surface area contributed by atoms with Crippen LogP contribution in [0.3, 0.4) is 0 Å². The molecule has 2 aromatic heterocycles. The minimum Gasteiger partial charge on any atom is -0.456 e. The van der Waals surface area contributed by atoms with Crippen molar-refractivity contribution >= 4 is 45.1 Å². The number of benzene rings is 3. The van der Waals surface area contributed by atoms with Gasteiger partial charge in [0.25, 0.3) is 0 Å². The van der Waals surface area contributed by atoms with Crippen LogP contribution in [0.15, 0.2) is 81.7 Å². The quantitative estimate of drug-likeness (QED) is 0.323. The zero-order valence-corrected chi connectivity index (χ0v) is 16.0. The average molecular weight is 364 g/mol. The molecule has 0 unspecified atom stereocenters. The molecule has 28 heavy (non-hydrogen) atoms. The highest BCUT2D eigenvalue weighted by molar-refractivity contribution is 6.10. The first-order valence-electron chi connectivity index (χ1n) is 9.40. The summed E-state index contributed by atoms with van der Waals surface area (Å²) in [6.45, 7) is 8.08. The zero-order chi connectivity index (χ0) is 19.3. The Morgan fingerprint density at radius 3 is 2.43 bits per heavy atom. The highest BCUT2D eigenvalue weighted by Crippen LogP contribution is 2.38. The van der Waals surface area contributed by atoms with Gasteiger partial charge in [-0.2, -0.15) is 0 Å². The van der Waals surface area contributed by atoms with Crippen molar-refractivity contribution in [2.75, 3.05) is 0 Å². The summed E-state index contributed by atoms with van der Waals surface area (Å²) in [6, 6.07) is 20.8. The fourth-order valence-corrected chi connectivity index (χ4v) is 3.87. The Morgan fingerprint density at radius 1 is 0.821 bits per heavy atom. The Hall–Kier alpha value is -3.52. The molecule has 2 heteroatoms. The molecule has 0 aliphatic rings. The summed E-state index contributed by atoms with van der Waals surface area (Å²) in [7, 11) is 0. The molecular formula is C26H20O2. The number of rotatable bonds is 3. The van der Waals surface area contributed by atoms with Crippen LogP contribution in [0, 0.1) is 0 Å². The van der Waals surface area contributed by atoms with Crippen LogP contribution in [0.25, 0.3) is 56.2 Å². The van der Waals surface area contributed by atoms with Crippen molar-refractivity contribution in [3.63, 3.8) is 0 Å². The SMILES string of the molecule is C=Cc1oc2ccc(-c3cccc4c3oc3ccccc34)cc2c1C=C(C)C. The molecule has 0 atom stereocenters. The third-order valence-corrected chi connectivity index (χ3v) is 5.09. The van der Waals surface area contributed by atoms with Gasteiger partial charge in [0.05, 0.1) is 0 Å². The van der Waals surface area contributed by atoms with E-state index in [1.807, 2.05) is 24.3 Å². The maximum atomic E-state index is 6.22. The van der Waals surface area contributed by atoms with Crippen molar-refractivity contribution in [2.45, 2.75) is 13.8 Å². The zero-order valence-electron chi connectivity index (χ0n) is 16.0. The highest BCUT2D eigenvalue weighted by atomic mass is 16.3. The molecule has 0 fully saturated rings. The van der Waals surface area contributed by atoms with Crippen molar-refractivity contribution in [3.05, 3.63) is 84.1 Å². The van der Waals surface area contributed by atoms with Crippen LogP contribution in [0.2, 0.25) is 0 Å². The molecule has 0 bridgehead atoms. The van der Waals surface area contributed by atoms with E-state index >= 15 is 0 Å². The standard InChI is InChI=1S/C26H20O2/c1-4-23-21(14-16(2)3)22-15-17(12-13-25(22)27-23)18-9-7-10-20-19-8-5-6-11-24(19)28-26(18)20/h4-15H,1H2,2-3H3. The topological polar surface area (TPSA) is 26.3 Å². The number of allylic oxidation sites excluding steroid dienone is 1. The largest absolute Gasteiger partial charge is 0.456 e. The van der Waals surface area contributed by atoms with Gasteiger partial charge in [-0.15, -0.1) is 0 Å². The van der Waals surface area contributed by atoms with Crippen LogP contribution in [-0.2, 0) is 0 Å². The van der Waals surface area contributed by atoms with E-state index in [1.54, 1.807) is 6.08 Å². The van der Waals surface area contributed by atoms with Gasteiger partial charge >= 0.3 is 0 Å². The average Bonchev–Trinajstić information content (AvgIpc) is 3.25. The molecule has 0 aliphatic carbocycles. The molecule has 0 N–H and O–H groups in total. The summed E-state index contributed by atoms with van der Waals surface area (Å²) >= 11 is 0. The van der Waals surface area contributed by atoms with Crippen LogP contribution in [-0.4, -0.2) is 0 Å². The monoisotopic (exact) mass is 364 g/mol. The predicted octanol–water partition coefficient (Wildman–Crippen LogP) is 8.07. The van der Waals surface area contributed by atoms with E-state index in [0.29, 0.717) is 0 Å². The molecule has 0 aliphatic heterocycles. The van der Waals surface area contributed by atoms with Gasteiger partial charge in [0, 0.05) is 27.3 Å². The highest BCUT2D eigenvalue weighted by Gasteiger charge is 2.15. The predicted molar refractivity (Wildman–Crippen MR) is 118 cm³/mol. The Labute approximate surface area is 163 Å². The summed E-state index contributed by atoms with van der Waals surface area (Å²) in [5.41, 5.74) is 7.17. The lowest BCUT2D eigenvalue weighted by molar-refractivity contribution is 0.603. The van der Waals surface area contributed by atoms with E-state index in [1.165, 1.54) is 5.57 Å². The Morgan fingerprint density at radius 2 is 1.61 bits per heavy atom. The first-order chi connectivity index (χ1) is 13.7. The van der Waals surface area contributed by atoms with E-state index < -0.39 is 0 Å². The molecule has 136 valence electrons. The van der Waals surface area contributed by atoms with Crippen LogP contribution < -0.4 is 0 Å². The smallest absolute Gasteiger partial charge is 0.143 e. The molecule has 5 rings (SSSR count). The van der Waals surface area contributed by atoms with Crippen LogP contribution in [0.4, 0.5) is 0 Å². The Bertz CT molecular complexity index is 1390. The van der Waals surface area contributed by atoms with E-state index in [4.69, 9.17) is 8.83 Å². The lowest BCUT2D eigenvalue weighted by Crippen LogP contribution is -1.80. The fraction of sp³-hybridized carbons (Fsp3) is 0.0769. The molecule has 2 nitrogen and oxygen atoms in total. The minimum atomic E-state index is 0.801. The summed E-state index contributed by atoms with van der Waals surface area (Å²) in [5.74, 6) is 0.801. The van der Waals surface area contributed by atoms with Gasteiger partial charge in [0.15, 0.2) is 0 Å². The fourth-order valence-electron chi connectivity index (χ4n) is 3.87. The molecule has 0 saturated carbocycles. The summed E-state index contributed by atoms with van der Waals surface area (Å²) in [4.78, 5) is 0. The van der Waals surface area contributed by atoms with Crippen molar-refractivity contribution in [1.29, 1.82) is 0 Å². The second kappa shape index (κ2) is 6.28. The molecule has 0 amide bonds. The molecular weight excluding hydrogens is 344 g/mol. The Balaban J connectivity index is 1.80. The van der Waals surface area contributed by atoms with E-state index in [0.717, 1.165) is 55.4 Å². The van der Waals surface area contributed by atoms with Gasteiger partial charge < -0.3 is 8.83 Å². The second-order valence-corrected chi connectivity index (χ2v) is 7.30. The van der Waals surface area contributed by atoms with Gasteiger partial charge in [-0.3, -0.25) is 0 Å². The third kappa shape index (κ3) is 2.49. The normalized spacial score (nSPS) is 11.4. The summed E-state index contributed by atoms with van der Waals surface area (Å²) < 4.78 is 12.2. The van der Waals surface area contributed by atoms with Crippen molar-refractivity contribution in [2.24, 2.45) is 0 Å². The number of para-hydroxylation sites is 2. The Kier molecular flexibility index (Phi) is 3.73. The van der Waals surface area contributed by atoms with E-state index in [-0.39, 0.29) is 0 Å². The molecule has 0 saturated heterocycles. The van der Waals surface area contributed by atoms with Crippen LogP contribution in [0.5, 0.6) is 0 Å². The number of furan rings is 2. The lowest BCUT2D eigenvalue weighted by Gasteiger charge is -2.03. The first kappa shape index (κ1) is 16.6. The van der Waals surface area contributed by atoms with Gasteiger partial charge in [-0.1, -0.05) is 60.7 Å². The first-order valence-corrected chi connectivity index (χ1v) is 9.40. The molecule has 3 aromatic carbocycles. The summed E-state index contributed by atoms with van der Waals surface area (Å²) in [5, 5.41) is 3.36. The summed E-state index contributed by atoms with van der Waals surface area (Å²) in [6.07, 6.45) is 3.92. The molecule has 2 heterocycles. The van der Waals surface area contributed by atoms with E-state index in [9.17, 15) is 0 Å². The molecule has 0 radical (unpaired) electrons. The van der Waals surface area contributed by atoms with Crippen molar-refractivity contribution < 1.29 is 8.83 Å². The van der Waals surface area contributed by atoms with Crippen molar-refractivity contribution in [3.8, 4) is 11.1 Å². The van der Waals surface area contributed by atoms with Gasteiger partial charge in [0.2, 0.25) is 0 Å². The van der Waals surface area contributed by atoms with E-state index in [2.05, 4.69) is 62.9 Å². The molecule has 5 aromatic rings. The maximum Gasteiger partial charge on any atom is 0.143 e. The third-order valence-electron chi connectivity index (χ3n) is 5.09. The van der Waals surface area contributed by atoms with Crippen LogP contribution >= 0.6 is 0 Å². The van der Waals surface area contributed by atoms with Crippen LogP contribution in [0.1, 0.15) is 25.2 Å². The van der Waals surface area contributed by atoms with Gasteiger partial charge in [0.1, 0.15) is 22.5 Å².